The molecule has 1 amide bonds. The first-order chi connectivity index (χ1) is 9.65. The van der Waals surface area contributed by atoms with Crippen molar-refractivity contribution in [3.63, 3.8) is 0 Å². The molecule has 0 spiro atoms. The minimum Gasteiger partial charge on any atom is -0.308 e. The van der Waals surface area contributed by atoms with E-state index in [1.165, 1.54) is 11.1 Å². The van der Waals surface area contributed by atoms with Gasteiger partial charge in [-0.3, -0.25) is 4.79 Å². The lowest BCUT2D eigenvalue weighted by molar-refractivity contribution is 0.0985. The SMILES string of the molecule is Cc1ccc2c(c1)CCCN2C(=O)c1ccc(S)cc1. The second-order valence-corrected chi connectivity index (χ2v) is 5.76. The third kappa shape index (κ3) is 2.46. The second-order valence-electron chi connectivity index (χ2n) is 5.24. The van der Waals surface area contributed by atoms with E-state index in [2.05, 4.69) is 37.8 Å². The predicted molar refractivity (Wildman–Crippen MR) is 84.9 cm³/mol. The maximum absolute atomic E-state index is 12.7. The lowest BCUT2D eigenvalue weighted by Crippen LogP contribution is -2.35. The van der Waals surface area contributed by atoms with Crippen molar-refractivity contribution in [1.29, 1.82) is 0 Å². The van der Waals surface area contributed by atoms with Crippen LogP contribution in [0.3, 0.4) is 0 Å². The molecule has 1 aliphatic heterocycles. The maximum atomic E-state index is 12.7. The first-order valence-corrected chi connectivity index (χ1v) is 7.30. The number of hydrogen-bond acceptors (Lipinski definition) is 2. The number of benzene rings is 2. The molecule has 102 valence electrons. The van der Waals surface area contributed by atoms with Crippen LogP contribution in [0.25, 0.3) is 0 Å². The van der Waals surface area contributed by atoms with Crippen molar-refractivity contribution in [3.8, 4) is 0 Å². The van der Waals surface area contributed by atoms with Crippen LogP contribution in [0.1, 0.15) is 27.9 Å². The van der Waals surface area contributed by atoms with Crippen LogP contribution in [0.5, 0.6) is 0 Å². The number of nitrogens with zero attached hydrogens (tertiary/aromatic N) is 1. The number of rotatable bonds is 1. The van der Waals surface area contributed by atoms with Crippen molar-refractivity contribution < 1.29 is 4.79 Å². The number of thiol groups is 1. The molecule has 0 bridgehead atoms. The number of carbonyl (C=O) groups excluding carboxylic acids is 1. The Morgan fingerprint density at radius 2 is 1.90 bits per heavy atom. The minimum absolute atomic E-state index is 0.0723. The largest absolute Gasteiger partial charge is 0.308 e. The lowest BCUT2D eigenvalue weighted by Gasteiger charge is -2.30. The summed E-state index contributed by atoms with van der Waals surface area (Å²) in [6.07, 6.45) is 2.07. The van der Waals surface area contributed by atoms with Crippen molar-refractivity contribution >= 4 is 24.2 Å². The standard InChI is InChI=1S/C17H17NOS/c1-12-4-9-16-14(11-12)3-2-10-18(16)17(19)13-5-7-15(20)8-6-13/h4-9,11,20H,2-3,10H2,1H3. The van der Waals surface area contributed by atoms with Crippen LogP contribution in [0, 0.1) is 6.92 Å². The van der Waals surface area contributed by atoms with Crippen molar-refractivity contribution in [1.82, 2.24) is 0 Å². The number of hydrogen-bond donors (Lipinski definition) is 1. The molecule has 0 fully saturated rings. The Hall–Kier alpha value is -1.74. The number of anilines is 1. The van der Waals surface area contributed by atoms with E-state index in [1.807, 2.05) is 29.2 Å². The molecule has 0 radical (unpaired) electrons. The molecule has 0 atom stereocenters. The fourth-order valence-electron chi connectivity index (χ4n) is 2.70. The van der Waals surface area contributed by atoms with Crippen molar-refractivity contribution in [2.75, 3.05) is 11.4 Å². The normalized spacial score (nSPS) is 14.0. The molecule has 2 aromatic rings. The molecule has 0 aliphatic carbocycles. The van der Waals surface area contributed by atoms with E-state index in [-0.39, 0.29) is 5.91 Å². The van der Waals surface area contributed by atoms with Gasteiger partial charge in [0.05, 0.1) is 0 Å². The third-order valence-electron chi connectivity index (χ3n) is 3.71. The van der Waals surface area contributed by atoms with Gasteiger partial charge in [-0.05, 0) is 55.7 Å². The summed E-state index contributed by atoms with van der Waals surface area (Å²) >= 11 is 4.26. The molecular weight excluding hydrogens is 266 g/mol. The summed E-state index contributed by atoms with van der Waals surface area (Å²) in [5.41, 5.74) is 4.30. The zero-order valence-corrected chi connectivity index (χ0v) is 12.4. The highest BCUT2D eigenvalue weighted by Crippen LogP contribution is 2.29. The summed E-state index contributed by atoms with van der Waals surface area (Å²) < 4.78 is 0. The van der Waals surface area contributed by atoms with Crippen LogP contribution in [-0.2, 0) is 6.42 Å². The molecule has 2 aromatic carbocycles. The fraction of sp³-hybridized carbons (Fsp3) is 0.235. The summed E-state index contributed by atoms with van der Waals surface area (Å²) in [6, 6.07) is 13.7. The summed E-state index contributed by atoms with van der Waals surface area (Å²) in [5.74, 6) is 0.0723. The van der Waals surface area contributed by atoms with E-state index in [9.17, 15) is 4.79 Å². The maximum Gasteiger partial charge on any atom is 0.258 e. The Morgan fingerprint density at radius 1 is 1.15 bits per heavy atom. The highest BCUT2D eigenvalue weighted by molar-refractivity contribution is 7.80. The van der Waals surface area contributed by atoms with E-state index in [0.717, 1.165) is 35.5 Å². The molecule has 1 aliphatic rings. The van der Waals surface area contributed by atoms with Crippen LogP contribution in [-0.4, -0.2) is 12.5 Å². The average molecular weight is 283 g/mol. The van der Waals surface area contributed by atoms with Gasteiger partial charge in [-0.15, -0.1) is 12.6 Å². The van der Waals surface area contributed by atoms with Gasteiger partial charge >= 0.3 is 0 Å². The van der Waals surface area contributed by atoms with E-state index in [1.54, 1.807) is 0 Å². The van der Waals surface area contributed by atoms with E-state index in [4.69, 9.17) is 0 Å². The summed E-state index contributed by atoms with van der Waals surface area (Å²) in [4.78, 5) is 15.4. The highest BCUT2D eigenvalue weighted by atomic mass is 32.1. The summed E-state index contributed by atoms with van der Waals surface area (Å²) in [6.45, 7) is 2.88. The van der Waals surface area contributed by atoms with Crippen LogP contribution in [0.15, 0.2) is 47.4 Å². The molecule has 0 unspecified atom stereocenters. The first kappa shape index (κ1) is 13.3. The van der Waals surface area contributed by atoms with E-state index >= 15 is 0 Å². The Kier molecular flexibility index (Phi) is 3.53. The van der Waals surface area contributed by atoms with Crippen molar-refractivity contribution in [2.45, 2.75) is 24.7 Å². The molecule has 1 heterocycles. The Bertz CT molecular complexity index is 649. The van der Waals surface area contributed by atoms with Gasteiger partial charge in [0.1, 0.15) is 0 Å². The van der Waals surface area contributed by atoms with Gasteiger partial charge in [0.25, 0.3) is 5.91 Å². The highest BCUT2D eigenvalue weighted by Gasteiger charge is 2.23. The Morgan fingerprint density at radius 3 is 2.65 bits per heavy atom. The van der Waals surface area contributed by atoms with Gasteiger partial charge in [0, 0.05) is 22.7 Å². The lowest BCUT2D eigenvalue weighted by atomic mass is 9.99. The van der Waals surface area contributed by atoms with Crippen LogP contribution in [0.2, 0.25) is 0 Å². The van der Waals surface area contributed by atoms with Gasteiger partial charge in [0.2, 0.25) is 0 Å². The predicted octanol–water partition coefficient (Wildman–Crippen LogP) is 3.88. The van der Waals surface area contributed by atoms with Crippen LogP contribution < -0.4 is 4.90 Å². The zero-order chi connectivity index (χ0) is 14.1. The molecule has 20 heavy (non-hydrogen) atoms. The third-order valence-corrected chi connectivity index (χ3v) is 4.01. The van der Waals surface area contributed by atoms with Crippen molar-refractivity contribution in [3.05, 3.63) is 59.2 Å². The molecule has 2 nitrogen and oxygen atoms in total. The number of aryl methyl sites for hydroxylation is 2. The summed E-state index contributed by atoms with van der Waals surface area (Å²) in [5, 5.41) is 0. The molecule has 0 saturated heterocycles. The topological polar surface area (TPSA) is 20.3 Å². The zero-order valence-electron chi connectivity index (χ0n) is 11.5. The van der Waals surface area contributed by atoms with Crippen LogP contribution in [0.4, 0.5) is 5.69 Å². The number of carbonyl (C=O) groups is 1. The first-order valence-electron chi connectivity index (χ1n) is 6.85. The van der Waals surface area contributed by atoms with Gasteiger partial charge in [-0.2, -0.15) is 0 Å². The smallest absolute Gasteiger partial charge is 0.258 e. The minimum atomic E-state index is 0.0723. The quantitative estimate of drug-likeness (QED) is 0.788. The average Bonchev–Trinajstić information content (AvgIpc) is 2.46. The number of fused-ring (bicyclic) bond motifs is 1. The van der Waals surface area contributed by atoms with Crippen LogP contribution >= 0.6 is 12.6 Å². The van der Waals surface area contributed by atoms with Gasteiger partial charge in [-0.1, -0.05) is 17.7 Å². The molecule has 0 N–H and O–H groups in total. The molecule has 3 heteroatoms. The van der Waals surface area contributed by atoms with Gasteiger partial charge in [-0.25, -0.2) is 0 Å². The molecule has 0 aromatic heterocycles. The molecule has 0 saturated carbocycles. The van der Waals surface area contributed by atoms with Crippen molar-refractivity contribution in [2.24, 2.45) is 0 Å². The number of amides is 1. The fourth-order valence-corrected chi connectivity index (χ4v) is 2.85. The Labute approximate surface area is 124 Å². The van der Waals surface area contributed by atoms with E-state index in [0.29, 0.717) is 0 Å². The van der Waals surface area contributed by atoms with Gasteiger partial charge < -0.3 is 4.90 Å². The van der Waals surface area contributed by atoms with Gasteiger partial charge in [0.15, 0.2) is 0 Å². The molecule has 3 rings (SSSR count). The molecular formula is C17H17NOS. The summed E-state index contributed by atoms with van der Waals surface area (Å²) in [7, 11) is 0. The monoisotopic (exact) mass is 283 g/mol. The van der Waals surface area contributed by atoms with E-state index < -0.39 is 0 Å². The Balaban J connectivity index is 1.96. The second kappa shape index (κ2) is 5.33.